The molecule has 6 nitrogen and oxygen atoms in total. The van der Waals surface area contributed by atoms with Crippen LogP contribution in [0.4, 0.5) is 0 Å². The van der Waals surface area contributed by atoms with Gasteiger partial charge in [0, 0.05) is 38.6 Å². The monoisotopic (exact) mass is 349 g/mol. The van der Waals surface area contributed by atoms with Gasteiger partial charge >= 0.3 is 0 Å². The lowest BCUT2D eigenvalue weighted by molar-refractivity contribution is 0.0674. The van der Waals surface area contributed by atoms with Gasteiger partial charge < -0.3 is 4.74 Å². The van der Waals surface area contributed by atoms with Gasteiger partial charge in [-0.25, -0.2) is 0 Å². The van der Waals surface area contributed by atoms with E-state index in [0.717, 1.165) is 50.5 Å². The fourth-order valence-corrected chi connectivity index (χ4v) is 3.29. The number of aromatic nitrogens is 4. The third kappa shape index (κ3) is 4.33. The lowest BCUT2D eigenvalue weighted by atomic mass is 10.2. The Morgan fingerprint density at radius 1 is 1.08 bits per heavy atom. The van der Waals surface area contributed by atoms with Crippen LogP contribution in [-0.4, -0.2) is 44.1 Å². The van der Waals surface area contributed by atoms with Crippen molar-refractivity contribution in [2.75, 3.05) is 13.2 Å². The SMILES string of the molecule is c1ccc(-n2ncc(CN(Cc3cccnc3)C[C@@H]3CCCO3)n2)cc1. The highest BCUT2D eigenvalue weighted by molar-refractivity contribution is 5.28. The van der Waals surface area contributed by atoms with Crippen molar-refractivity contribution in [3.63, 3.8) is 0 Å². The van der Waals surface area contributed by atoms with Crippen LogP contribution in [0.15, 0.2) is 61.1 Å². The van der Waals surface area contributed by atoms with Gasteiger partial charge in [-0.1, -0.05) is 24.3 Å². The van der Waals surface area contributed by atoms with E-state index in [4.69, 9.17) is 4.74 Å². The molecule has 3 heterocycles. The number of nitrogens with zero attached hydrogens (tertiary/aromatic N) is 5. The van der Waals surface area contributed by atoms with Crippen molar-refractivity contribution >= 4 is 0 Å². The van der Waals surface area contributed by atoms with Crippen LogP contribution >= 0.6 is 0 Å². The van der Waals surface area contributed by atoms with E-state index in [1.165, 1.54) is 5.56 Å². The molecule has 2 aromatic heterocycles. The van der Waals surface area contributed by atoms with Crippen molar-refractivity contribution in [2.45, 2.75) is 32.0 Å². The number of hydrogen-bond donors (Lipinski definition) is 0. The van der Waals surface area contributed by atoms with Crippen molar-refractivity contribution in [3.8, 4) is 5.69 Å². The molecule has 134 valence electrons. The maximum atomic E-state index is 5.83. The number of benzene rings is 1. The van der Waals surface area contributed by atoms with Crippen LogP contribution in [0.3, 0.4) is 0 Å². The molecule has 1 saturated heterocycles. The van der Waals surface area contributed by atoms with Crippen LogP contribution in [0.1, 0.15) is 24.1 Å². The number of rotatable bonds is 7. The molecule has 0 amide bonds. The second-order valence-electron chi connectivity index (χ2n) is 6.63. The van der Waals surface area contributed by atoms with Crippen molar-refractivity contribution in [1.82, 2.24) is 24.9 Å². The summed E-state index contributed by atoms with van der Waals surface area (Å²) >= 11 is 0. The minimum Gasteiger partial charge on any atom is -0.377 e. The first-order valence-electron chi connectivity index (χ1n) is 9.06. The van der Waals surface area contributed by atoms with E-state index in [1.54, 1.807) is 11.0 Å². The summed E-state index contributed by atoms with van der Waals surface area (Å²) in [5.41, 5.74) is 3.12. The molecule has 1 fully saturated rings. The highest BCUT2D eigenvalue weighted by Crippen LogP contribution is 2.16. The Morgan fingerprint density at radius 2 is 2.00 bits per heavy atom. The van der Waals surface area contributed by atoms with Crippen molar-refractivity contribution in [2.24, 2.45) is 0 Å². The minimum absolute atomic E-state index is 0.302. The van der Waals surface area contributed by atoms with Gasteiger partial charge in [0.05, 0.1) is 23.7 Å². The molecule has 1 atom stereocenters. The molecule has 0 spiro atoms. The van der Waals surface area contributed by atoms with Gasteiger partial charge in [0.1, 0.15) is 0 Å². The molecule has 3 aromatic rings. The summed E-state index contributed by atoms with van der Waals surface area (Å²) in [6, 6.07) is 14.1. The summed E-state index contributed by atoms with van der Waals surface area (Å²) in [5, 5.41) is 9.06. The van der Waals surface area contributed by atoms with Crippen LogP contribution in [0.25, 0.3) is 5.69 Å². The molecule has 0 saturated carbocycles. The zero-order chi connectivity index (χ0) is 17.6. The Hall–Kier alpha value is -2.57. The molecule has 0 radical (unpaired) electrons. The van der Waals surface area contributed by atoms with E-state index in [9.17, 15) is 0 Å². The molecule has 4 rings (SSSR count). The normalized spacial score (nSPS) is 17.0. The van der Waals surface area contributed by atoms with E-state index >= 15 is 0 Å². The van der Waals surface area contributed by atoms with Gasteiger partial charge in [0.2, 0.25) is 0 Å². The van der Waals surface area contributed by atoms with E-state index in [-0.39, 0.29) is 0 Å². The topological polar surface area (TPSA) is 56.1 Å². The second kappa shape index (κ2) is 8.21. The smallest absolute Gasteiger partial charge is 0.0971 e. The van der Waals surface area contributed by atoms with Crippen LogP contribution in [0.2, 0.25) is 0 Å². The third-order valence-electron chi connectivity index (χ3n) is 4.53. The van der Waals surface area contributed by atoms with Gasteiger partial charge in [-0.2, -0.15) is 15.0 Å². The van der Waals surface area contributed by atoms with Crippen LogP contribution in [-0.2, 0) is 17.8 Å². The molecule has 1 aliphatic rings. The Kier molecular flexibility index (Phi) is 5.33. The fraction of sp³-hybridized carbons (Fsp3) is 0.350. The molecule has 6 heteroatoms. The highest BCUT2D eigenvalue weighted by Gasteiger charge is 2.20. The summed E-state index contributed by atoms with van der Waals surface area (Å²) in [7, 11) is 0. The lowest BCUT2D eigenvalue weighted by Crippen LogP contribution is -2.31. The average molecular weight is 349 g/mol. The predicted molar refractivity (Wildman–Crippen MR) is 98.7 cm³/mol. The minimum atomic E-state index is 0.302. The maximum Gasteiger partial charge on any atom is 0.0971 e. The number of hydrogen-bond acceptors (Lipinski definition) is 5. The van der Waals surface area contributed by atoms with E-state index in [2.05, 4.69) is 26.1 Å². The lowest BCUT2D eigenvalue weighted by Gasteiger charge is -2.24. The summed E-state index contributed by atoms with van der Waals surface area (Å²) in [6.45, 7) is 3.33. The second-order valence-corrected chi connectivity index (χ2v) is 6.63. The first kappa shape index (κ1) is 16.9. The average Bonchev–Trinajstić information content (AvgIpc) is 3.35. The van der Waals surface area contributed by atoms with E-state index < -0.39 is 0 Å². The molecular formula is C20H23N5O. The van der Waals surface area contributed by atoms with Crippen molar-refractivity contribution in [1.29, 1.82) is 0 Å². The molecule has 0 bridgehead atoms. The Morgan fingerprint density at radius 3 is 2.77 bits per heavy atom. The summed E-state index contributed by atoms with van der Waals surface area (Å²) in [5.74, 6) is 0. The van der Waals surface area contributed by atoms with Crippen molar-refractivity contribution < 1.29 is 4.74 Å². The summed E-state index contributed by atoms with van der Waals surface area (Å²) < 4.78 is 5.83. The number of ether oxygens (including phenoxy) is 1. The largest absolute Gasteiger partial charge is 0.377 e. The molecule has 0 N–H and O–H groups in total. The van der Waals surface area contributed by atoms with E-state index in [0.29, 0.717) is 6.10 Å². The zero-order valence-corrected chi connectivity index (χ0v) is 14.7. The molecule has 26 heavy (non-hydrogen) atoms. The fourth-order valence-electron chi connectivity index (χ4n) is 3.29. The summed E-state index contributed by atoms with van der Waals surface area (Å²) in [4.78, 5) is 8.28. The number of pyridine rings is 1. The Bertz CT molecular complexity index is 799. The van der Waals surface area contributed by atoms with Gasteiger partial charge in [0.15, 0.2) is 0 Å². The van der Waals surface area contributed by atoms with Crippen LogP contribution in [0, 0.1) is 0 Å². The van der Waals surface area contributed by atoms with Gasteiger partial charge in [-0.3, -0.25) is 9.88 Å². The quantitative estimate of drug-likeness (QED) is 0.656. The summed E-state index contributed by atoms with van der Waals surface area (Å²) in [6.07, 6.45) is 8.15. The highest BCUT2D eigenvalue weighted by atomic mass is 16.5. The number of para-hydroxylation sites is 1. The first-order valence-corrected chi connectivity index (χ1v) is 9.06. The molecule has 0 aliphatic carbocycles. The predicted octanol–water partition coefficient (Wildman–Crippen LogP) is 2.84. The van der Waals surface area contributed by atoms with Gasteiger partial charge in [-0.05, 0) is 36.6 Å². The van der Waals surface area contributed by atoms with Gasteiger partial charge in [-0.15, -0.1) is 0 Å². The first-order chi connectivity index (χ1) is 12.9. The van der Waals surface area contributed by atoms with Crippen molar-refractivity contribution in [3.05, 3.63) is 72.3 Å². The van der Waals surface area contributed by atoms with Crippen LogP contribution < -0.4 is 0 Å². The Balaban J connectivity index is 1.47. The standard InChI is InChI=1S/C20H23N5O/c1-2-7-19(8-3-1)25-22-13-18(23-25)15-24(16-20-9-5-11-26-20)14-17-6-4-10-21-12-17/h1-4,6-8,10,12-13,20H,5,9,11,14-16H2/t20-/m0/s1. The van der Waals surface area contributed by atoms with Crippen LogP contribution in [0.5, 0.6) is 0 Å². The van der Waals surface area contributed by atoms with Gasteiger partial charge in [0.25, 0.3) is 0 Å². The Labute approximate surface area is 153 Å². The zero-order valence-electron chi connectivity index (χ0n) is 14.7. The molecule has 1 aliphatic heterocycles. The molecule has 1 aromatic carbocycles. The molecule has 0 unspecified atom stereocenters. The van der Waals surface area contributed by atoms with E-state index in [1.807, 2.05) is 48.8 Å². The third-order valence-corrected chi connectivity index (χ3v) is 4.53. The molecular weight excluding hydrogens is 326 g/mol. The maximum absolute atomic E-state index is 5.83.